The summed E-state index contributed by atoms with van der Waals surface area (Å²) in [7, 11) is -3.02. The summed E-state index contributed by atoms with van der Waals surface area (Å²) in [5.74, 6) is 0.318. The van der Waals surface area contributed by atoms with E-state index in [0.29, 0.717) is 30.0 Å². The average molecular weight is 476 g/mol. The lowest BCUT2D eigenvalue weighted by Gasteiger charge is -2.23. The minimum Gasteiger partial charge on any atom is -0.297 e. The van der Waals surface area contributed by atoms with E-state index in [-0.39, 0.29) is 17.5 Å². The van der Waals surface area contributed by atoms with E-state index in [0.717, 1.165) is 40.4 Å². The highest BCUT2D eigenvalue weighted by Gasteiger charge is 2.28. The fourth-order valence-electron chi connectivity index (χ4n) is 4.35. The summed E-state index contributed by atoms with van der Waals surface area (Å²) >= 11 is 6.03. The van der Waals surface area contributed by atoms with Crippen LogP contribution >= 0.6 is 11.6 Å². The zero-order chi connectivity index (χ0) is 22.7. The molecule has 1 fully saturated rings. The largest absolute Gasteiger partial charge is 0.318 e. The van der Waals surface area contributed by atoms with Crippen LogP contribution in [0.1, 0.15) is 30.9 Å². The van der Waals surface area contributed by atoms with Gasteiger partial charge in [0.15, 0.2) is 14.4 Å². The first-order chi connectivity index (χ1) is 15.4. The van der Waals surface area contributed by atoms with E-state index in [1.165, 1.54) is 0 Å². The van der Waals surface area contributed by atoms with Gasteiger partial charge in [-0.3, -0.25) is 9.88 Å². The van der Waals surface area contributed by atoms with E-state index < -0.39 is 9.84 Å². The zero-order valence-corrected chi connectivity index (χ0v) is 19.7. The Hall–Kier alpha value is -2.29. The van der Waals surface area contributed by atoms with E-state index in [9.17, 15) is 13.3 Å². The fraction of sp³-hybridized carbons (Fsp3) is 0.435. The first-order valence-corrected chi connectivity index (χ1v) is 13.1. The van der Waals surface area contributed by atoms with Gasteiger partial charge in [-0.05, 0) is 55.1 Å². The minimum absolute atomic E-state index is 0.129. The molecule has 1 aliphatic rings. The Kier molecular flexibility index (Phi) is 6.93. The number of nitrogens with zero attached hydrogens (tertiary/aromatic N) is 4. The van der Waals surface area contributed by atoms with E-state index in [1.807, 2.05) is 36.5 Å². The number of pyridine rings is 1. The van der Waals surface area contributed by atoms with Crippen molar-refractivity contribution in [1.82, 2.24) is 14.6 Å². The summed E-state index contributed by atoms with van der Waals surface area (Å²) in [4.78, 5) is 19.5. The topological polar surface area (TPSA) is 78.2 Å². The van der Waals surface area contributed by atoms with Gasteiger partial charge in [0.1, 0.15) is 6.20 Å². The number of aromatic nitrogens is 3. The van der Waals surface area contributed by atoms with Crippen LogP contribution in [-0.4, -0.2) is 53.6 Å². The maximum atomic E-state index is 13.1. The van der Waals surface area contributed by atoms with Gasteiger partial charge in [0.05, 0.1) is 28.8 Å². The second-order valence-corrected chi connectivity index (χ2v) is 11.2. The lowest BCUT2D eigenvalue weighted by molar-refractivity contribution is -0.573. The Bertz CT molecular complexity index is 1260. The molecule has 1 saturated heterocycles. The van der Waals surface area contributed by atoms with Crippen molar-refractivity contribution in [3.63, 3.8) is 0 Å². The van der Waals surface area contributed by atoms with Crippen molar-refractivity contribution in [2.45, 2.75) is 38.8 Å². The van der Waals surface area contributed by atoms with Crippen LogP contribution in [0, 0.1) is 4.91 Å². The molecule has 1 atom stereocenters. The molecule has 32 heavy (non-hydrogen) atoms. The number of benzene rings is 1. The molecular weight excluding hydrogens is 448 g/mol. The summed E-state index contributed by atoms with van der Waals surface area (Å²) in [6.45, 7) is 3.55. The van der Waals surface area contributed by atoms with Crippen molar-refractivity contribution >= 4 is 32.3 Å². The smallest absolute Gasteiger partial charge is 0.297 e. The molecule has 9 heteroatoms. The van der Waals surface area contributed by atoms with Gasteiger partial charge in [-0.15, -0.1) is 4.68 Å². The molecule has 3 heterocycles. The van der Waals surface area contributed by atoms with Crippen LogP contribution in [0.2, 0.25) is 5.02 Å². The Balaban J connectivity index is 1.63. The molecule has 0 aliphatic carbocycles. The van der Waals surface area contributed by atoms with E-state index >= 15 is 0 Å². The summed E-state index contributed by atoms with van der Waals surface area (Å²) < 4.78 is 26.5. The summed E-state index contributed by atoms with van der Waals surface area (Å²) in [5.41, 5.74) is 2.67. The number of rotatable bonds is 8. The lowest BCUT2D eigenvalue weighted by Crippen LogP contribution is -2.41. The number of halogens is 1. The predicted molar refractivity (Wildman–Crippen MR) is 126 cm³/mol. The Morgan fingerprint density at radius 1 is 1.22 bits per heavy atom. The summed E-state index contributed by atoms with van der Waals surface area (Å²) in [5, 5.41) is 1.56. The molecule has 0 saturated carbocycles. The van der Waals surface area contributed by atoms with Crippen molar-refractivity contribution in [3.05, 3.63) is 70.0 Å². The quantitative estimate of drug-likeness (QED) is 0.468. The highest BCUT2D eigenvalue weighted by atomic mass is 35.5. The van der Waals surface area contributed by atoms with Crippen molar-refractivity contribution < 1.29 is 13.0 Å². The van der Waals surface area contributed by atoms with Crippen molar-refractivity contribution in [1.29, 1.82) is 0 Å². The van der Waals surface area contributed by atoms with Gasteiger partial charge in [0.25, 0.3) is 0 Å². The van der Waals surface area contributed by atoms with Crippen molar-refractivity contribution in [2.24, 2.45) is 0 Å². The number of likely N-dealkylation sites (tertiary alicyclic amines) is 1. The third-order valence-corrected chi connectivity index (χ3v) is 8.16. The first-order valence-electron chi connectivity index (χ1n) is 10.9. The predicted octanol–water partition coefficient (Wildman–Crippen LogP) is 3.09. The third-order valence-electron chi connectivity index (χ3n) is 6.22. The molecule has 0 radical (unpaired) electrons. The molecule has 0 bridgehead atoms. The van der Waals surface area contributed by atoms with Gasteiger partial charge in [0, 0.05) is 29.6 Å². The molecule has 0 amide bonds. The molecule has 0 unspecified atom stereocenters. The van der Waals surface area contributed by atoms with Gasteiger partial charge < -0.3 is 0 Å². The van der Waals surface area contributed by atoms with Crippen molar-refractivity contribution in [3.8, 4) is 0 Å². The van der Waals surface area contributed by atoms with E-state index in [1.54, 1.807) is 24.0 Å². The standard InChI is InChI=1S/C23H28ClN4O3S/c1-2-32(30,31)13-12-26-11-3-4-21(26)17-27-16-19(14-18-5-7-20(24)8-6-18)22-9-10-25-15-23(22)28(27)29/h5-10,15-16,21H,2-4,11-14,17H2,1H3/q+1/t21-/m1/s1. The van der Waals surface area contributed by atoms with Gasteiger partial charge >= 0.3 is 5.52 Å². The molecule has 2 aromatic heterocycles. The fourth-order valence-corrected chi connectivity index (χ4v) is 5.28. The summed E-state index contributed by atoms with van der Waals surface area (Å²) in [6, 6.07) is 9.72. The number of hydrogen-bond acceptors (Lipinski definition) is 5. The average Bonchev–Trinajstić information content (AvgIpc) is 3.24. The lowest BCUT2D eigenvalue weighted by atomic mass is 10.0. The minimum atomic E-state index is -3.02. The maximum Gasteiger partial charge on any atom is 0.318 e. The Morgan fingerprint density at radius 3 is 2.75 bits per heavy atom. The SMILES string of the molecule is CCS(=O)(=O)CCN1CCC[C@@H]1Cn1cc(Cc2ccc(Cl)cc2)c2ccncc2[n+]1=O. The molecular formula is C23H28ClN4O3S+. The van der Waals surface area contributed by atoms with Crippen LogP contribution in [0.25, 0.3) is 10.9 Å². The molecule has 1 aromatic carbocycles. The highest BCUT2D eigenvalue weighted by molar-refractivity contribution is 7.91. The molecule has 1 aliphatic heterocycles. The van der Waals surface area contributed by atoms with Crippen LogP contribution < -0.4 is 4.54 Å². The number of sulfone groups is 1. The van der Waals surface area contributed by atoms with E-state index in [4.69, 9.17) is 11.6 Å². The second kappa shape index (κ2) is 9.68. The Labute approximate surface area is 193 Å². The molecule has 7 nitrogen and oxygen atoms in total. The Morgan fingerprint density at radius 2 is 2.00 bits per heavy atom. The number of hydrogen-bond donors (Lipinski definition) is 0. The maximum absolute atomic E-state index is 13.1. The van der Waals surface area contributed by atoms with Gasteiger partial charge in [-0.2, -0.15) is 0 Å². The highest BCUT2D eigenvalue weighted by Crippen LogP contribution is 2.22. The van der Waals surface area contributed by atoms with Gasteiger partial charge in [-0.1, -0.05) is 30.7 Å². The zero-order valence-electron chi connectivity index (χ0n) is 18.2. The number of fused-ring (bicyclic) bond motifs is 1. The van der Waals surface area contributed by atoms with Crippen LogP contribution in [0.5, 0.6) is 0 Å². The molecule has 170 valence electrons. The normalized spacial score (nSPS) is 17.2. The monoisotopic (exact) mass is 475 g/mol. The molecule has 0 spiro atoms. The van der Waals surface area contributed by atoms with Gasteiger partial charge in [-0.25, -0.2) is 8.42 Å². The third kappa shape index (κ3) is 5.19. The summed E-state index contributed by atoms with van der Waals surface area (Å²) in [6.07, 6.45) is 7.83. The van der Waals surface area contributed by atoms with E-state index in [2.05, 4.69) is 9.88 Å². The van der Waals surface area contributed by atoms with Crippen LogP contribution in [0.4, 0.5) is 0 Å². The van der Waals surface area contributed by atoms with Crippen LogP contribution in [0.3, 0.4) is 0 Å². The van der Waals surface area contributed by atoms with Crippen LogP contribution in [-0.2, 0) is 22.8 Å². The van der Waals surface area contributed by atoms with Gasteiger partial charge in [0.2, 0.25) is 0 Å². The van der Waals surface area contributed by atoms with Crippen LogP contribution in [0.15, 0.2) is 48.9 Å². The first kappa shape index (κ1) is 22.9. The second-order valence-electron chi connectivity index (χ2n) is 8.31. The van der Waals surface area contributed by atoms with Crippen molar-refractivity contribution in [2.75, 3.05) is 24.6 Å². The molecule has 0 N–H and O–H groups in total. The molecule has 3 aromatic rings. The molecule has 4 rings (SSSR count).